The average Bonchev–Trinajstić information content (AvgIpc) is 2.18. The predicted octanol–water partition coefficient (Wildman–Crippen LogP) is 4.45. The molecule has 0 aromatic heterocycles. The molecule has 1 saturated carbocycles. The molecule has 0 radical (unpaired) electrons. The second-order valence-corrected chi connectivity index (χ2v) is 6.26. The number of halogens is 1. The summed E-state index contributed by atoms with van der Waals surface area (Å²) in [5.41, 5.74) is 1.44. The van der Waals surface area contributed by atoms with Gasteiger partial charge >= 0.3 is 0 Å². The first kappa shape index (κ1) is 12.4. The van der Waals surface area contributed by atoms with Crippen LogP contribution in [-0.2, 0) is 0 Å². The Kier molecular flexibility index (Phi) is 3.41. The monoisotopic (exact) mass is 235 g/mol. The van der Waals surface area contributed by atoms with Crippen molar-refractivity contribution in [1.29, 1.82) is 0 Å². The van der Waals surface area contributed by atoms with Crippen LogP contribution in [0.2, 0.25) is 0 Å². The van der Waals surface area contributed by atoms with E-state index in [4.69, 9.17) is 0 Å². The zero-order chi connectivity index (χ0) is 12.5. The summed E-state index contributed by atoms with van der Waals surface area (Å²) in [5, 5.41) is 3.53. The fourth-order valence-corrected chi connectivity index (χ4v) is 3.24. The molecule has 0 amide bonds. The lowest BCUT2D eigenvalue weighted by atomic mass is 9.70. The Morgan fingerprint density at radius 2 is 1.82 bits per heavy atom. The van der Waals surface area contributed by atoms with E-state index in [0.29, 0.717) is 11.5 Å². The van der Waals surface area contributed by atoms with Crippen molar-refractivity contribution in [2.75, 3.05) is 5.32 Å². The lowest BCUT2D eigenvalue weighted by Crippen LogP contribution is -2.35. The number of rotatable bonds is 2. The van der Waals surface area contributed by atoms with Crippen molar-refractivity contribution in [2.45, 2.75) is 46.1 Å². The molecule has 0 heterocycles. The maximum Gasteiger partial charge on any atom is 0.123 e. The molecule has 2 atom stereocenters. The number of nitrogens with one attached hydrogen (secondary N) is 1. The molecule has 1 N–H and O–H groups in total. The Hall–Kier alpha value is -1.05. The molecule has 0 spiro atoms. The minimum atomic E-state index is -0.173. The molecule has 0 aliphatic heterocycles. The van der Waals surface area contributed by atoms with Crippen LogP contribution in [0.3, 0.4) is 0 Å². The molecule has 17 heavy (non-hydrogen) atoms. The fourth-order valence-electron chi connectivity index (χ4n) is 3.24. The molecule has 94 valence electrons. The van der Waals surface area contributed by atoms with E-state index >= 15 is 0 Å². The summed E-state index contributed by atoms with van der Waals surface area (Å²) in [7, 11) is 0. The van der Waals surface area contributed by atoms with Gasteiger partial charge < -0.3 is 5.32 Å². The lowest BCUT2D eigenvalue weighted by Gasteiger charge is -2.39. The minimum Gasteiger partial charge on any atom is -0.382 e. The van der Waals surface area contributed by atoms with Crippen LogP contribution in [0.4, 0.5) is 10.1 Å². The van der Waals surface area contributed by atoms with Gasteiger partial charge in [0.1, 0.15) is 5.82 Å². The summed E-state index contributed by atoms with van der Waals surface area (Å²) in [4.78, 5) is 0. The van der Waals surface area contributed by atoms with E-state index in [1.54, 1.807) is 0 Å². The molecule has 1 aromatic carbocycles. The number of anilines is 1. The van der Waals surface area contributed by atoms with Crippen molar-refractivity contribution in [2.24, 2.45) is 11.3 Å². The van der Waals surface area contributed by atoms with Crippen LogP contribution < -0.4 is 5.32 Å². The highest BCUT2D eigenvalue weighted by atomic mass is 19.1. The van der Waals surface area contributed by atoms with Gasteiger partial charge in [-0.15, -0.1) is 0 Å². The van der Waals surface area contributed by atoms with E-state index in [-0.39, 0.29) is 5.82 Å². The second-order valence-electron chi connectivity index (χ2n) is 6.26. The van der Waals surface area contributed by atoms with Crippen LogP contribution in [0.25, 0.3) is 0 Å². The van der Waals surface area contributed by atoms with E-state index in [2.05, 4.69) is 26.1 Å². The molecular weight excluding hydrogens is 213 g/mol. The fraction of sp³-hybridized carbons (Fsp3) is 0.600. The highest BCUT2D eigenvalue weighted by Gasteiger charge is 2.31. The zero-order valence-electron chi connectivity index (χ0n) is 11.0. The molecule has 1 aromatic rings. The first-order chi connectivity index (χ1) is 7.94. The summed E-state index contributed by atoms with van der Waals surface area (Å²) < 4.78 is 12.8. The van der Waals surface area contributed by atoms with E-state index < -0.39 is 0 Å². The Balaban J connectivity index is 2.01. The average molecular weight is 235 g/mol. The van der Waals surface area contributed by atoms with Gasteiger partial charge in [0.05, 0.1) is 0 Å². The maximum atomic E-state index is 12.8. The third kappa shape index (κ3) is 3.45. The van der Waals surface area contributed by atoms with Crippen LogP contribution in [-0.4, -0.2) is 6.04 Å². The van der Waals surface area contributed by atoms with Crippen molar-refractivity contribution in [3.05, 3.63) is 30.1 Å². The van der Waals surface area contributed by atoms with E-state index in [0.717, 1.165) is 11.6 Å². The van der Waals surface area contributed by atoms with E-state index in [1.807, 2.05) is 12.1 Å². The van der Waals surface area contributed by atoms with Crippen LogP contribution in [0.5, 0.6) is 0 Å². The highest BCUT2D eigenvalue weighted by Crippen LogP contribution is 2.39. The molecule has 1 aliphatic rings. The number of hydrogen-bond donors (Lipinski definition) is 1. The maximum absolute atomic E-state index is 12.8. The van der Waals surface area contributed by atoms with E-state index in [1.165, 1.54) is 31.4 Å². The van der Waals surface area contributed by atoms with Crippen LogP contribution in [0.1, 0.15) is 40.0 Å². The summed E-state index contributed by atoms with van der Waals surface area (Å²) >= 11 is 0. The van der Waals surface area contributed by atoms with Gasteiger partial charge in [0.25, 0.3) is 0 Å². The molecule has 2 unspecified atom stereocenters. The van der Waals surface area contributed by atoms with Gasteiger partial charge in [0.2, 0.25) is 0 Å². The largest absolute Gasteiger partial charge is 0.382 e. The van der Waals surface area contributed by atoms with Gasteiger partial charge in [-0.05, 0) is 54.9 Å². The molecule has 1 fully saturated rings. The summed E-state index contributed by atoms with van der Waals surface area (Å²) in [6.07, 6.45) is 3.70. The van der Waals surface area contributed by atoms with Gasteiger partial charge in [-0.1, -0.05) is 20.8 Å². The van der Waals surface area contributed by atoms with Crippen molar-refractivity contribution in [1.82, 2.24) is 0 Å². The normalized spacial score (nSPS) is 27.8. The van der Waals surface area contributed by atoms with Crippen LogP contribution in [0.15, 0.2) is 24.3 Å². The predicted molar refractivity (Wildman–Crippen MR) is 70.6 cm³/mol. The summed E-state index contributed by atoms with van der Waals surface area (Å²) in [6.45, 7) is 6.99. The summed E-state index contributed by atoms with van der Waals surface area (Å²) in [6, 6.07) is 7.18. The first-order valence-corrected chi connectivity index (χ1v) is 6.47. The smallest absolute Gasteiger partial charge is 0.123 e. The third-order valence-electron chi connectivity index (χ3n) is 3.60. The van der Waals surface area contributed by atoms with Crippen LogP contribution >= 0.6 is 0 Å². The third-order valence-corrected chi connectivity index (χ3v) is 3.60. The molecular formula is C15H22FN. The Morgan fingerprint density at radius 3 is 2.41 bits per heavy atom. The second kappa shape index (κ2) is 4.67. The Bertz CT molecular complexity index is 369. The Labute approximate surface area is 103 Å². The van der Waals surface area contributed by atoms with Gasteiger partial charge in [0.15, 0.2) is 0 Å². The Morgan fingerprint density at radius 1 is 1.18 bits per heavy atom. The molecule has 0 saturated heterocycles. The van der Waals surface area contributed by atoms with Crippen molar-refractivity contribution < 1.29 is 4.39 Å². The molecule has 2 rings (SSSR count). The van der Waals surface area contributed by atoms with Gasteiger partial charge in [-0.3, -0.25) is 0 Å². The van der Waals surface area contributed by atoms with Crippen LogP contribution in [0, 0.1) is 17.2 Å². The van der Waals surface area contributed by atoms with Gasteiger partial charge in [-0.2, -0.15) is 0 Å². The lowest BCUT2D eigenvalue weighted by molar-refractivity contribution is 0.178. The number of benzene rings is 1. The van der Waals surface area contributed by atoms with Gasteiger partial charge in [-0.25, -0.2) is 4.39 Å². The first-order valence-electron chi connectivity index (χ1n) is 6.47. The molecule has 2 heteroatoms. The van der Waals surface area contributed by atoms with Crippen molar-refractivity contribution in [3.8, 4) is 0 Å². The van der Waals surface area contributed by atoms with Crippen molar-refractivity contribution in [3.63, 3.8) is 0 Å². The SMILES string of the molecule is CC1CC(Nc2ccc(F)cc2)CC(C)(C)C1. The number of hydrogen-bond acceptors (Lipinski definition) is 1. The van der Waals surface area contributed by atoms with Gasteiger partial charge in [0, 0.05) is 11.7 Å². The molecule has 1 nitrogen and oxygen atoms in total. The zero-order valence-corrected chi connectivity index (χ0v) is 11.0. The van der Waals surface area contributed by atoms with E-state index in [9.17, 15) is 4.39 Å². The highest BCUT2D eigenvalue weighted by molar-refractivity contribution is 5.43. The topological polar surface area (TPSA) is 12.0 Å². The minimum absolute atomic E-state index is 0.173. The molecule has 0 bridgehead atoms. The van der Waals surface area contributed by atoms with Crippen molar-refractivity contribution >= 4 is 5.69 Å². The quantitative estimate of drug-likeness (QED) is 0.798. The molecule has 1 aliphatic carbocycles. The summed E-state index contributed by atoms with van der Waals surface area (Å²) in [5.74, 6) is 0.588. The standard InChI is InChI=1S/C15H22FN/c1-11-8-14(10-15(2,3)9-11)17-13-6-4-12(16)5-7-13/h4-7,11,14,17H,8-10H2,1-3H3.